The molecule has 0 amide bonds. The van der Waals surface area contributed by atoms with E-state index >= 15 is 0 Å². The minimum absolute atomic E-state index is 0.250. The zero-order valence-corrected chi connectivity index (χ0v) is 10.1. The molecule has 0 aliphatic carbocycles. The molecule has 0 fully saturated rings. The van der Waals surface area contributed by atoms with Crippen molar-refractivity contribution in [2.75, 3.05) is 6.61 Å². The summed E-state index contributed by atoms with van der Waals surface area (Å²) in [6.07, 6.45) is 0. The van der Waals surface area contributed by atoms with Crippen molar-refractivity contribution in [2.24, 2.45) is 0 Å². The average Bonchev–Trinajstić information content (AvgIpc) is 2.29. The summed E-state index contributed by atoms with van der Waals surface area (Å²) in [5.74, 6) is -0.833. The van der Waals surface area contributed by atoms with E-state index in [4.69, 9.17) is 15.0 Å². The number of fused-ring (bicyclic) bond motifs is 1. The third-order valence-electron chi connectivity index (χ3n) is 1.66. The second kappa shape index (κ2) is 9.36. The number of hydrogen-bond donors (Lipinski definition) is 2. The van der Waals surface area contributed by atoms with Crippen molar-refractivity contribution in [3.05, 3.63) is 48.5 Å². The summed E-state index contributed by atoms with van der Waals surface area (Å²) in [5.41, 5.74) is 0. The lowest BCUT2D eigenvalue weighted by Gasteiger charge is -1.92. The van der Waals surface area contributed by atoms with E-state index in [2.05, 4.69) is 48.5 Å². The van der Waals surface area contributed by atoms with Gasteiger partial charge in [0.25, 0.3) is 5.97 Å². The molecule has 0 saturated carbocycles. The summed E-state index contributed by atoms with van der Waals surface area (Å²) in [7, 11) is 0. The van der Waals surface area contributed by atoms with E-state index < -0.39 is 5.97 Å². The number of aliphatic hydroxyl groups is 1. The summed E-state index contributed by atoms with van der Waals surface area (Å²) >= 11 is 0. The van der Waals surface area contributed by atoms with Crippen LogP contribution in [0.1, 0.15) is 13.8 Å². The van der Waals surface area contributed by atoms with Gasteiger partial charge in [-0.05, 0) is 17.7 Å². The number of benzene rings is 2. The van der Waals surface area contributed by atoms with Gasteiger partial charge >= 0.3 is 0 Å². The quantitative estimate of drug-likeness (QED) is 0.736. The van der Waals surface area contributed by atoms with E-state index in [-0.39, 0.29) is 6.61 Å². The van der Waals surface area contributed by atoms with Crippen LogP contribution in [0, 0.1) is 0 Å². The van der Waals surface area contributed by atoms with Gasteiger partial charge in [0, 0.05) is 13.5 Å². The molecule has 17 heavy (non-hydrogen) atoms. The average molecular weight is 234 g/mol. The Kier molecular flexibility index (Phi) is 8.33. The fourth-order valence-electron chi connectivity index (χ4n) is 1.13. The Balaban J connectivity index is 0.000000311. The highest BCUT2D eigenvalue weighted by atomic mass is 16.4. The van der Waals surface area contributed by atoms with Gasteiger partial charge < -0.3 is 10.2 Å². The van der Waals surface area contributed by atoms with Crippen LogP contribution in [-0.4, -0.2) is 22.8 Å². The predicted octanol–water partition coefficient (Wildman–Crippen LogP) is 2.93. The molecular formula is C14H18O3. The molecule has 0 spiro atoms. The van der Waals surface area contributed by atoms with Gasteiger partial charge in [-0.2, -0.15) is 0 Å². The predicted molar refractivity (Wildman–Crippen MR) is 70.0 cm³/mol. The Hall–Kier alpha value is -1.87. The van der Waals surface area contributed by atoms with Crippen molar-refractivity contribution < 1.29 is 15.0 Å². The highest BCUT2D eigenvalue weighted by Gasteiger charge is 1.85. The van der Waals surface area contributed by atoms with Crippen LogP contribution >= 0.6 is 0 Å². The van der Waals surface area contributed by atoms with Crippen LogP contribution in [0.25, 0.3) is 10.8 Å². The lowest BCUT2D eigenvalue weighted by molar-refractivity contribution is -0.134. The first-order valence-electron chi connectivity index (χ1n) is 5.36. The Morgan fingerprint density at radius 2 is 1.18 bits per heavy atom. The smallest absolute Gasteiger partial charge is 0.300 e. The zero-order valence-electron chi connectivity index (χ0n) is 10.1. The molecule has 0 atom stereocenters. The van der Waals surface area contributed by atoms with E-state index in [1.807, 2.05) is 0 Å². The van der Waals surface area contributed by atoms with Gasteiger partial charge in [0.15, 0.2) is 0 Å². The molecule has 0 bridgehead atoms. The molecule has 0 aliphatic rings. The molecule has 0 radical (unpaired) electrons. The third-order valence-corrected chi connectivity index (χ3v) is 1.66. The Labute approximate surface area is 101 Å². The molecule has 3 heteroatoms. The maximum Gasteiger partial charge on any atom is 0.300 e. The molecule has 2 aromatic rings. The molecule has 2 rings (SSSR count). The Morgan fingerprint density at radius 1 is 1.00 bits per heavy atom. The monoisotopic (exact) mass is 234 g/mol. The molecule has 92 valence electrons. The van der Waals surface area contributed by atoms with Gasteiger partial charge in [-0.15, -0.1) is 0 Å². The molecule has 0 saturated heterocycles. The number of carboxylic acids is 1. The summed E-state index contributed by atoms with van der Waals surface area (Å²) in [5, 5.41) is 17.6. The molecule has 2 aromatic carbocycles. The highest BCUT2D eigenvalue weighted by Crippen LogP contribution is 2.11. The van der Waals surface area contributed by atoms with Crippen molar-refractivity contribution in [3.8, 4) is 0 Å². The van der Waals surface area contributed by atoms with Gasteiger partial charge in [-0.3, -0.25) is 4.79 Å². The minimum Gasteiger partial charge on any atom is -0.481 e. The third kappa shape index (κ3) is 7.99. The van der Waals surface area contributed by atoms with Crippen molar-refractivity contribution in [2.45, 2.75) is 13.8 Å². The van der Waals surface area contributed by atoms with Crippen LogP contribution < -0.4 is 0 Å². The summed E-state index contributed by atoms with van der Waals surface area (Å²) in [6, 6.07) is 16.7. The van der Waals surface area contributed by atoms with Crippen molar-refractivity contribution in [1.82, 2.24) is 0 Å². The van der Waals surface area contributed by atoms with Gasteiger partial charge in [0.1, 0.15) is 0 Å². The van der Waals surface area contributed by atoms with E-state index in [0.29, 0.717) is 0 Å². The summed E-state index contributed by atoms with van der Waals surface area (Å²) < 4.78 is 0. The summed E-state index contributed by atoms with van der Waals surface area (Å²) in [6.45, 7) is 3.01. The van der Waals surface area contributed by atoms with Crippen molar-refractivity contribution >= 4 is 16.7 Å². The number of aliphatic carboxylic acids is 1. The standard InChI is InChI=1S/C10H8.C2H4O2.C2H6O/c1-2-6-10-8-4-3-7-9(10)5-1;1-2(3)4;1-2-3/h1-8H;1H3,(H,3,4);3H,2H2,1H3. The first-order valence-corrected chi connectivity index (χ1v) is 5.36. The van der Waals surface area contributed by atoms with E-state index in [0.717, 1.165) is 6.92 Å². The van der Waals surface area contributed by atoms with Gasteiger partial charge in [0.2, 0.25) is 0 Å². The van der Waals surface area contributed by atoms with Crippen LogP contribution in [0.3, 0.4) is 0 Å². The Morgan fingerprint density at radius 3 is 1.35 bits per heavy atom. The maximum absolute atomic E-state index is 9.00. The maximum atomic E-state index is 9.00. The largest absolute Gasteiger partial charge is 0.481 e. The second-order valence-electron chi connectivity index (χ2n) is 3.18. The van der Waals surface area contributed by atoms with Crippen LogP contribution in [0.2, 0.25) is 0 Å². The van der Waals surface area contributed by atoms with Gasteiger partial charge in [-0.25, -0.2) is 0 Å². The molecule has 0 aliphatic heterocycles. The van der Waals surface area contributed by atoms with Gasteiger partial charge in [0.05, 0.1) is 0 Å². The lowest BCUT2D eigenvalue weighted by atomic mass is 10.1. The topological polar surface area (TPSA) is 57.5 Å². The SMILES string of the molecule is CC(=O)O.CCO.c1ccc2ccccc2c1. The molecular weight excluding hydrogens is 216 g/mol. The number of hydrogen-bond acceptors (Lipinski definition) is 2. The van der Waals surface area contributed by atoms with Crippen LogP contribution in [-0.2, 0) is 4.79 Å². The van der Waals surface area contributed by atoms with Crippen LogP contribution in [0.4, 0.5) is 0 Å². The second-order valence-corrected chi connectivity index (χ2v) is 3.18. The van der Waals surface area contributed by atoms with Crippen molar-refractivity contribution in [3.63, 3.8) is 0 Å². The lowest BCUT2D eigenvalue weighted by Crippen LogP contribution is -1.78. The fourth-order valence-corrected chi connectivity index (χ4v) is 1.13. The van der Waals surface area contributed by atoms with E-state index in [9.17, 15) is 0 Å². The summed E-state index contributed by atoms with van der Waals surface area (Å²) in [4.78, 5) is 9.00. The molecule has 3 nitrogen and oxygen atoms in total. The van der Waals surface area contributed by atoms with Crippen LogP contribution in [0.15, 0.2) is 48.5 Å². The molecule has 0 unspecified atom stereocenters. The minimum atomic E-state index is -0.833. The zero-order chi connectivity index (χ0) is 13.1. The van der Waals surface area contributed by atoms with E-state index in [1.165, 1.54) is 10.8 Å². The number of carboxylic acid groups (broad SMARTS) is 1. The molecule has 2 N–H and O–H groups in total. The van der Waals surface area contributed by atoms with Crippen LogP contribution in [0.5, 0.6) is 0 Å². The molecule has 0 heterocycles. The fraction of sp³-hybridized carbons (Fsp3) is 0.214. The number of carbonyl (C=O) groups is 1. The van der Waals surface area contributed by atoms with E-state index in [1.54, 1.807) is 6.92 Å². The normalized spacial score (nSPS) is 8.41. The highest BCUT2D eigenvalue weighted by molar-refractivity contribution is 5.81. The van der Waals surface area contributed by atoms with Gasteiger partial charge in [-0.1, -0.05) is 48.5 Å². The molecule has 0 aromatic heterocycles. The first-order chi connectivity index (χ1) is 8.11. The number of aliphatic hydroxyl groups excluding tert-OH is 1. The van der Waals surface area contributed by atoms with Crippen molar-refractivity contribution in [1.29, 1.82) is 0 Å². The Bertz CT molecular complexity index is 369. The first kappa shape index (κ1) is 15.1. The number of rotatable bonds is 0.